The molecule has 2 amide bonds. The van der Waals surface area contributed by atoms with Gasteiger partial charge in [0.25, 0.3) is 0 Å². The summed E-state index contributed by atoms with van der Waals surface area (Å²) in [4.78, 5) is 14.0. The Balaban J connectivity index is 1.70. The third-order valence-electron chi connectivity index (χ3n) is 4.61. The Labute approximate surface area is 133 Å². The van der Waals surface area contributed by atoms with E-state index < -0.39 is 9.84 Å². The maximum absolute atomic E-state index is 12.2. The molecule has 1 N–H and O–H groups in total. The molecule has 0 radical (unpaired) electrons. The zero-order chi connectivity index (χ0) is 16.2. The first-order valence-corrected chi connectivity index (χ1v) is 10.3. The molecule has 2 heterocycles. The van der Waals surface area contributed by atoms with E-state index in [1.54, 1.807) is 0 Å². The maximum atomic E-state index is 12.2. The van der Waals surface area contributed by atoms with E-state index in [9.17, 15) is 13.2 Å². The standard InChI is InChI=1S/C15H28N2O4S/c1-12(7-11-22(2,19)20)16-15(18)17-8-5-13(6-9-17)14-4-3-10-21-14/h12-14H,3-11H2,1-2H3,(H,16,18)/t12-,14-/m0/s1. The summed E-state index contributed by atoms with van der Waals surface area (Å²) in [6, 6.07) is -0.204. The van der Waals surface area contributed by atoms with Crippen LogP contribution in [0.2, 0.25) is 0 Å². The van der Waals surface area contributed by atoms with Crippen molar-refractivity contribution in [1.82, 2.24) is 10.2 Å². The number of rotatable bonds is 5. The highest BCUT2D eigenvalue weighted by atomic mass is 32.2. The Bertz CT molecular complexity index is 466. The zero-order valence-electron chi connectivity index (χ0n) is 13.6. The zero-order valence-corrected chi connectivity index (χ0v) is 14.4. The topological polar surface area (TPSA) is 75.7 Å². The lowest BCUT2D eigenvalue weighted by Crippen LogP contribution is -2.48. The first-order valence-electron chi connectivity index (χ1n) is 8.20. The van der Waals surface area contributed by atoms with Gasteiger partial charge in [-0.1, -0.05) is 0 Å². The largest absolute Gasteiger partial charge is 0.378 e. The number of urea groups is 1. The smallest absolute Gasteiger partial charge is 0.317 e. The molecular weight excluding hydrogens is 304 g/mol. The van der Waals surface area contributed by atoms with Crippen molar-refractivity contribution < 1.29 is 17.9 Å². The Morgan fingerprint density at radius 2 is 2.00 bits per heavy atom. The average molecular weight is 332 g/mol. The second kappa shape index (κ2) is 7.64. The number of hydrogen-bond donors (Lipinski definition) is 1. The van der Waals surface area contributed by atoms with Crippen molar-refractivity contribution >= 4 is 15.9 Å². The van der Waals surface area contributed by atoms with Crippen molar-refractivity contribution in [2.75, 3.05) is 31.7 Å². The van der Waals surface area contributed by atoms with Crippen molar-refractivity contribution in [1.29, 1.82) is 0 Å². The molecule has 0 spiro atoms. The molecule has 2 fully saturated rings. The number of amides is 2. The van der Waals surface area contributed by atoms with Gasteiger partial charge in [-0.05, 0) is 44.9 Å². The third kappa shape index (κ3) is 5.43. The quantitative estimate of drug-likeness (QED) is 0.826. The Hall–Kier alpha value is -0.820. The summed E-state index contributed by atoms with van der Waals surface area (Å²) in [5, 5.41) is 2.90. The van der Waals surface area contributed by atoms with Crippen LogP contribution in [0, 0.1) is 5.92 Å². The number of carbonyl (C=O) groups excluding carboxylic acids is 1. The minimum absolute atomic E-state index is 0.0770. The Kier molecular flexibility index (Phi) is 6.09. The lowest BCUT2D eigenvalue weighted by molar-refractivity contribution is 0.0371. The van der Waals surface area contributed by atoms with E-state index in [2.05, 4.69) is 5.32 Å². The first-order chi connectivity index (χ1) is 10.3. The summed E-state index contributed by atoms with van der Waals surface area (Å²) in [6.45, 7) is 4.25. The van der Waals surface area contributed by atoms with Gasteiger partial charge < -0.3 is 15.0 Å². The fourth-order valence-electron chi connectivity index (χ4n) is 3.21. The summed E-state index contributed by atoms with van der Waals surface area (Å²) in [6.07, 6.45) is 6.36. The van der Waals surface area contributed by atoms with Crippen LogP contribution < -0.4 is 5.32 Å². The van der Waals surface area contributed by atoms with Crippen LogP contribution in [-0.2, 0) is 14.6 Å². The van der Waals surface area contributed by atoms with Crippen LogP contribution in [0.4, 0.5) is 4.79 Å². The molecule has 2 aliphatic rings. The van der Waals surface area contributed by atoms with E-state index in [4.69, 9.17) is 4.74 Å². The number of ether oxygens (including phenoxy) is 1. The van der Waals surface area contributed by atoms with Crippen LogP contribution in [0.1, 0.15) is 39.0 Å². The molecule has 2 saturated heterocycles. The van der Waals surface area contributed by atoms with Crippen LogP contribution >= 0.6 is 0 Å². The van der Waals surface area contributed by atoms with Crippen molar-refractivity contribution in [3.05, 3.63) is 0 Å². The molecule has 0 saturated carbocycles. The van der Waals surface area contributed by atoms with E-state index in [-0.39, 0.29) is 17.8 Å². The van der Waals surface area contributed by atoms with Crippen molar-refractivity contribution in [2.24, 2.45) is 5.92 Å². The van der Waals surface area contributed by atoms with Crippen LogP contribution in [0.15, 0.2) is 0 Å². The summed E-state index contributed by atoms with van der Waals surface area (Å²) < 4.78 is 28.0. The molecule has 0 aromatic carbocycles. The van der Waals surface area contributed by atoms with Gasteiger partial charge in [-0.2, -0.15) is 0 Å². The lowest BCUT2D eigenvalue weighted by Gasteiger charge is -2.35. The first kappa shape index (κ1) is 17.5. The number of piperidine rings is 1. The third-order valence-corrected chi connectivity index (χ3v) is 5.59. The summed E-state index contributed by atoms with van der Waals surface area (Å²) in [5.74, 6) is 0.685. The average Bonchev–Trinajstić information content (AvgIpc) is 2.99. The molecule has 128 valence electrons. The second-order valence-electron chi connectivity index (χ2n) is 6.65. The molecule has 7 heteroatoms. The Morgan fingerprint density at radius 1 is 1.32 bits per heavy atom. The molecule has 0 aliphatic carbocycles. The van der Waals surface area contributed by atoms with Gasteiger partial charge in [0, 0.05) is 32.0 Å². The minimum Gasteiger partial charge on any atom is -0.378 e. The molecule has 0 unspecified atom stereocenters. The second-order valence-corrected chi connectivity index (χ2v) is 8.90. The highest BCUT2D eigenvalue weighted by Gasteiger charge is 2.31. The van der Waals surface area contributed by atoms with Crippen LogP contribution in [0.5, 0.6) is 0 Å². The Morgan fingerprint density at radius 3 is 2.55 bits per heavy atom. The van der Waals surface area contributed by atoms with Gasteiger partial charge in [0.15, 0.2) is 0 Å². The number of carbonyl (C=O) groups is 1. The van der Waals surface area contributed by atoms with Gasteiger partial charge in [0.1, 0.15) is 9.84 Å². The minimum atomic E-state index is -2.98. The fraction of sp³-hybridized carbons (Fsp3) is 0.933. The lowest BCUT2D eigenvalue weighted by atomic mass is 9.90. The number of hydrogen-bond acceptors (Lipinski definition) is 4. The van der Waals surface area contributed by atoms with Gasteiger partial charge in [0.2, 0.25) is 0 Å². The molecule has 2 aliphatic heterocycles. The molecule has 0 aromatic rings. The van der Waals surface area contributed by atoms with Gasteiger partial charge in [-0.15, -0.1) is 0 Å². The summed E-state index contributed by atoms with van der Waals surface area (Å²) >= 11 is 0. The predicted molar refractivity (Wildman–Crippen MR) is 85.6 cm³/mol. The van der Waals surface area contributed by atoms with E-state index in [1.165, 1.54) is 6.26 Å². The van der Waals surface area contributed by atoms with Crippen molar-refractivity contribution in [2.45, 2.75) is 51.2 Å². The van der Waals surface area contributed by atoms with E-state index in [1.807, 2.05) is 11.8 Å². The fourth-order valence-corrected chi connectivity index (χ4v) is 4.00. The number of sulfone groups is 1. The van der Waals surface area contributed by atoms with Crippen molar-refractivity contribution in [3.63, 3.8) is 0 Å². The van der Waals surface area contributed by atoms with E-state index in [0.29, 0.717) is 18.4 Å². The van der Waals surface area contributed by atoms with Gasteiger partial charge in [-0.25, -0.2) is 13.2 Å². The van der Waals surface area contributed by atoms with Crippen LogP contribution in [0.3, 0.4) is 0 Å². The highest BCUT2D eigenvalue weighted by molar-refractivity contribution is 7.90. The van der Waals surface area contributed by atoms with Gasteiger partial charge in [0.05, 0.1) is 11.9 Å². The molecule has 6 nitrogen and oxygen atoms in total. The van der Waals surface area contributed by atoms with Crippen LogP contribution in [0.25, 0.3) is 0 Å². The molecule has 22 heavy (non-hydrogen) atoms. The summed E-state index contributed by atoms with van der Waals surface area (Å²) in [7, 11) is -2.98. The molecule has 2 atom stereocenters. The van der Waals surface area contributed by atoms with Gasteiger partial charge in [-0.3, -0.25) is 0 Å². The normalized spacial score (nSPS) is 25.2. The number of nitrogens with one attached hydrogen (secondary N) is 1. The SMILES string of the molecule is C[C@@H](CCS(C)(=O)=O)NC(=O)N1CCC([C@@H]2CCCO2)CC1. The molecule has 2 rings (SSSR count). The van der Waals surface area contributed by atoms with E-state index >= 15 is 0 Å². The molecule has 0 bridgehead atoms. The maximum Gasteiger partial charge on any atom is 0.317 e. The highest BCUT2D eigenvalue weighted by Crippen LogP contribution is 2.28. The molecule has 0 aromatic heterocycles. The monoisotopic (exact) mass is 332 g/mol. The van der Waals surface area contributed by atoms with Crippen molar-refractivity contribution in [3.8, 4) is 0 Å². The summed E-state index contributed by atoms with van der Waals surface area (Å²) in [5.41, 5.74) is 0. The number of likely N-dealkylation sites (tertiary alicyclic amines) is 1. The predicted octanol–water partition coefficient (Wildman–Crippen LogP) is 1.41. The number of nitrogens with zero attached hydrogens (tertiary/aromatic N) is 1. The van der Waals surface area contributed by atoms with E-state index in [0.717, 1.165) is 45.4 Å². The van der Waals surface area contributed by atoms with Gasteiger partial charge >= 0.3 is 6.03 Å². The molecular formula is C15H28N2O4S. The van der Waals surface area contributed by atoms with Crippen LogP contribution in [-0.4, -0.2) is 63.2 Å².